The molecule has 2 aromatic carbocycles. The van der Waals surface area contributed by atoms with Crippen molar-refractivity contribution in [2.45, 2.75) is 63.4 Å². The van der Waals surface area contributed by atoms with Gasteiger partial charge in [-0.25, -0.2) is 18.1 Å². The van der Waals surface area contributed by atoms with Gasteiger partial charge < -0.3 is 25.1 Å². The lowest BCUT2D eigenvalue weighted by atomic mass is 10.0. The molecule has 2 heterocycles. The molecule has 1 saturated heterocycles. The van der Waals surface area contributed by atoms with Crippen molar-refractivity contribution in [1.29, 1.82) is 0 Å². The normalized spacial score (nSPS) is 18.5. The fourth-order valence-electron chi connectivity index (χ4n) is 4.98. The number of unbranched alkanes of at least 4 members (excludes halogenated alkanes) is 1. The number of hydrogen-bond acceptors (Lipinski definition) is 9. The Morgan fingerprint density at radius 1 is 1.16 bits per heavy atom. The van der Waals surface area contributed by atoms with Gasteiger partial charge in [-0.05, 0) is 62.6 Å². The van der Waals surface area contributed by atoms with Gasteiger partial charge in [-0.3, -0.25) is 14.4 Å². The Labute approximate surface area is 255 Å². The van der Waals surface area contributed by atoms with Crippen LogP contribution in [0, 0.1) is 0 Å². The number of benzene rings is 2. The van der Waals surface area contributed by atoms with E-state index in [-0.39, 0.29) is 31.9 Å². The molecule has 12 nitrogen and oxygen atoms in total. The van der Waals surface area contributed by atoms with Gasteiger partial charge in [0.15, 0.2) is 5.58 Å². The van der Waals surface area contributed by atoms with Crippen LogP contribution >= 0.6 is 11.6 Å². The van der Waals surface area contributed by atoms with Crippen LogP contribution < -0.4 is 15.8 Å². The van der Waals surface area contributed by atoms with Crippen molar-refractivity contribution in [2.75, 3.05) is 19.3 Å². The van der Waals surface area contributed by atoms with Crippen molar-refractivity contribution >= 4 is 50.3 Å². The zero-order chi connectivity index (χ0) is 31.1. The lowest BCUT2D eigenvalue weighted by molar-refractivity contribution is -0.139. The van der Waals surface area contributed by atoms with E-state index in [1.165, 1.54) is 11.8 Å². The van der Waals surface area contributed by atoms with Gasteiger partial charge in [0.05, 0.1) is 31.1 Å². The second kappa shape index (κ2) is 14.4. The van der Waals surface area contributed by atoms with E-state index in [1.807, 2.05) is 12.1 Å². The number of amides is 2. The lowest BCUT2D eigenvalue weighted by Crippen LogP contribution is -2.54. The van der Waals surface area contributed by atoms with Crippen LogP contribution in [0.3, 0.4) is 0 Å². The maximum absolute atomic E-state index is 13.7. The van der Waals surface area contributed by atoms with E-state index in [0.29, 0.717) is 35.5 Å². The van der Waals surface area contributed by atoms with Gasteiger partial charge in [-0.2, -0.15) is 0 Å². The van der Waals surface area contributed by atoms with Crippen molar-refractivity contribution in [3.8, 4) is 0 Å². The summed E-state index contributed by atoms with van der Waals surface area (Å²) < 4.78 is 37.6. The molecule has 4 N–H and O–H groups in total. The third kappa shape index (κ3) is 8.83. The molecule has 4 rings (SSSR count). The highest BCUT2D eigenvalue weighted by Gasteiger charge is 2.43. The number of sulfonamides is 1. The van der Waals surface area contributed by atoms with Crippen molar-refractivity contribution in [3.05, 3.63) is 65.0 Å². The summed E-state index contributed by atoms with van der Waals surface area (Å²) >= 11 is 5.97. The Morgan fingerprint density at radius 2 is 1.88 bits per heavy atom. The Hall–Kier alpha value is -3.36. The maximum Gasteiger partial charge on any atom is 0.266 e. The van der Waals surface area contributed by atoms with Crippen LogP contribution in [0.2, 0.25) is 5.02 Å². The summed E-state index contributed by atoms with van der Waals surface area (Å²) in [6.07, 6.45) is 2.04. The molecule has 232 valence electrons. The van der Waals surface area contributed by atoms with Gasteiger partial charge in [0.25, 0.3) is 5.89 Å². The number of aromatic nitrogens is 1. The van der Waals surface area contributed by atoms with Gasteiger partial charge in [-0.1, -0.05) is 35.9 Å². The first-order valence-electron chi connectivity index (χ1n) is 14.0. The van der Waals surface area contributed by atoms with Crippen LogP contribution in [0.5, 0.6) is 0 Å². The number of ether oxygens (including phenoxy) is 1. The second-order valence-electron chi connectivity index (χ2n) is 10.6. The lowest BCUT2D eigenvalue weighted by Gasteiger charge is -2.28. The van der Waals surface area contributed by atoms with Crippen LogP contribution in [-0.4, -0.2) is 79.5 Å². The van der Waals surface area contributed by atoms with Gasteiger partial charge in [-0.15, -0.1) is 0 Å². The number of carbonyl (C=O) groups excluding carboxylic acids is 3. The standard InChI is InChI=1S/C29H36ClN5O7S/c1-18(34-43(2,39)40)29(38)35-16-21(41-17-19-10-12-20(30)13-11-19)15-24(35)27(37)32-23(8-5-6-14-31)26(36)28-33-22-7-3-4-9-25(22)42-28/h3-4,7,9-13,18,21,23-24,34H,5-6,8,14-17,31H2,1-2H3,(H,32,37)/t18-,21-,23+,24+/m1/s1. The Kier molecular flexibility index (Phi) is 10.9. The number of nitrogens with zero attached hydrogens (tertiary/aromatic N) is 2. The fourth-order valence-corrected chi connectivity index (χ4v) is 5.85. The second-order valence-corrected chi connectivity index (χ2v) is 12.8. The minimum absolute atomic E-state index is 0.0528. The maximum atomic E-state index is 13.7. The number of para-hydroxylation sites is 2. The largest absolute Gasteiger partial charge is 0.434 e. The third-order valence-corrected chi connectivity index (χ3v) is 8.13. The third-order valence-electron chi connectivity index (χ3n) is 7.09. The quantitative estimate of drug-likeness (QED) is 0.178. The monoisotopic (exact) mass is 633 g/mol. The highest BCUT2D eigenvalue weighted by molar-refractivity contribution is 7.88. The van der Waals surface area contributed by atoms with Gasteiger partial charge in [0.2, 0.25) is 27.6 Å². The van der Waals surface area contributed by atoms with E-state index in [0.717, 1.165) is 11.8 Å². The zero-order valence-electron chi connectivity index (χ0n) is 24.0. The number of ketones is 1. The fraction of sp³-hybridized carbons (Fsp3) is 0.448. The summed E-state index contributed by atoms with van der Waals surface area (Å²) in [5.74, 6) is -1.79. The SMILES string of the molecule is C[C@@H](NS(C)(=O)=O)C(=O)N1C[C@H](OCc2ccc(Cl)cc2)C[C@H]1C(=O)N[C@@H](CCCCN)C(=O)c1nc2ccccc2o1. The van der Waals surface area contributed by atoms with Crippen LogP contribution in [0.1, 0.15) is 48.9 Å². The summed E-state index contributed by atoms with van der Waals surface area (Å²) in [5, 5.41) is 3.38. The molecule has 1 aliphatic rings. The van der Waals surface area contributed by atoms with E-state index in [1.54, 1.807) is 36.4 Å². The number of halogens is 1. The van der Waals surface area contributed by atoms with Crippen LogP contribution in [0.25, 0.3) is 11.1 Å². The van der Waals surface area contributed by atoms with E-state index < -0.39 is 51.9 Å². The number of oxazole rings is 1. The first kappa shape index (κ1) is 32.6. The molecular weight excluding hydrogens is 598 g/mol. The highest BCUT2D eigenvalue weighted by Crippen LogP contribution is 2.24. The molecule has 1 fully saturated rings. The number of nitrogens with two attached hydrogens (primary N) is 1. The number of hydrogen-bond donors (Lipinski definition) is 3. The summed E-state index contributed by atoms with van der Waals surface area (Å²) in [6, 6.07) is 10.9. The summed E-state index contributed by atoms with van der Waals surface area (Å²) in [4.78, 5) is 46.2. The van der Waals surface area contributed by atoms with Crippen molar-refractivity contribution < 1.29 is 32.0 Å². The first-order valence-corrected chi connectivity index (χ1v) is 16.3. The Bertz CT molecular complexity index is 1510. The minimum atomic E-state index is -3.70. The van der Waals surface area contributed by atoms with E-state index in [9.17, 15) is 22.8 Å². The van der Waals surface area contributed by atoms with E-state index in [2.05, 4.69) is 15.0 Å². The van der Waals surface area contributed by atoms with Crippen LogP contribution in [0.4, 0.5) is 0 Å². The molecule has 0 bridgehead atoms. The number of likely N-dealkylation sites (tertiary alicyclic amines) is 1. The number of Topliss-reactive ketones (excluding diaryl/α,β-unsaturated/α-hetero) is 1. The predicted molar refractivity (Wildman–Crippen MR) is 161 cm³/mol. The molecule has 0 radical (unpaired) electrons. The Morgan fingerprint density at radius 3 is 2.56 bits per heavy atom. The molecule has 43 heavy (non-hydrogen) atoms. The molecule has 3 aromatic rings. The van der Waals surface area contributed by atoms with Gasteiger partial charge >= 0.3 is 0 Å². The summed E-state index contributed by atoms with van der Waals surface area (Å²) in [6.45, 7) is 2.09. The van der Waals surface area contributed by atoms with Gasteiger partial charge in [0, 0.05) is 18.0 Å². The highest BCUT2D eigenvalue weighted by atomic mass is 35.5. The number of fused-ring (bicyclic) bond motifs is 1. The predicted octanol–water partition coefficient (Wildman–Crippen LogP) is 2.40. The Balaban J connectivity index is 1.53. The van der Waals surface area contributed by atoms with Crippen molar-refractivity contribution in [1.82, 2.24) is 19.9 Å². The topological polar surface area (TPSA) is 174 Å². The zero-order valence-corrected chi connectivity index (χ0v) is 25.6. The van der Waals surface area contributed by atoms with E-state index in [4.69, 9.17) is 26.5 Å². The van der Waals surface area contributed by atoms with Crippen molar-refractivity contribution in [2.24, 2.45) is 5.73 Å². The van der Waals surface area contributed by atoms with E-state index >= 15 is 0 Å². The smallest absolute Gasteiger partial charge is 0.266 e. The van der Waals surface area contributed by atoms with Crippen LogP contribution in [-0.2, 0) is 31.0 Å². The summed E-state index contributed by atoms with van der Waals surface area (Å²) in [7, 11) is -3.70. The molecule has 0 saturated carbocycles. The van der Waals surface area contributed by atoms with Crippen LogP contribution in [0.15, 0.2) is 52.9 Å². The van der Waals surface area contributed by atoms with Gasteiger partial charge in [0.1, 0.15) is 11.6 Å². The van der Waals surface area contributed by atoms with Crippen molar-refractivity contribution in [3.63, 3.8) is 0 Å². The number of nitrogens with one attached hydrogen (secondary N) is 2. The molecular formula is C29H36ClN5O7S. The average Bonchev–Trinajstić information content (AvgIpc) is 3.59. The number of rotatable bonds is 14. The molecule has 0 unspecified atom stereocenters. The molecule has 14 heteroatoms. The molecule has 1 aromatic heterocycles. The molecule has 0 aliphatic carbocycles. The molecule has 2 amide bonds. The molecule has 1 aliphatic heterocycles. The first-order chi connectivity index (χ1) is 20.4. The average molecular weight is 634 g/mol. The minimum Gasteiger partial charge on any atom is -0.434 e. The molecule has 0 spiro atoms. The summed E-state index contributed by atoms with van der Waals surface area (Å²) in [5.41, 5.74) is 7.46. The molecule has 4 atom stereocenters. The number of carbonyl (C=O) groups is 3.